The maximum Gasteiger partial charge on any atom is 0.345 e. The fourth-order valence-corrected chi connectivity index (χ4v) is 4.88. The van der Waals surface area contributed by atoms with E-state index in [2.05, 4.69) is 0 Å². The van der Waals surface area contributed by atoms with Crippen LogP contribution in [0.25, 0.3) is 11.1 Å². The molecule has 6 heteroatoms. The van der Waals surface area contributed by atoms with E-state index in [1.54, 1.807) is 12.1 Å². The first-order valence-corrected chi connectivity index (χ1v) is 8.92. The fraction of sp³-hybridized carbons (Fsp3) is 0.294. The zero-order valence-corrected chi connectivity index (χ0v) is 14.4. The van der Waals surface area contributed by atoms with Gasteiger partial charge in [0, 0.05) is 9.75 Å². The highest BCUT2D eigenvalue weighted by Gasteiger charge is 2.24. The van der Waals surface area contributed by atoms with Crippen molar-refractivity contribution in [2.45, 2.75) is 33.1 Å². The lowest BCUT2D eigenvalue weighted by atomic mass is 9.97. The van der Waals surface area contributed by atoms with Crippen molar-refractivity contribution in [1.29, 1.82) is 0 Å². The molecule has 0 spiro atoms. The first kappa shape index (κ1) is 16.0. The molecule has 0 fully saturated rings. The average Bonchev–Trinajstić information content (AvgIpc) is 3.15. The molecule has 2 aromatic rings. The zero-order chi connectivity index (χ0) is 16.7. The van der Waals surface area contributed by atoms with Gasteiger partial charge in [-0.3, -0.25) is 0 Å². The van der Waals surface area contributed by atoms with Crippen molar-refractivity contribution >= 4 is 45.8 Å². The molecule has 4 nitrogen and oxygen atoms in total. The fourth-order valence-electron chi connectivity index (χ4n) is 3.11. The first-order chi connectivity index (χ1) is 10.9. The van der Waals surface area contributed by atoms with Gasteiger partial charge in [0.25, 0.3) is 0 Å². The van der Waals surface area contributed by atoms with Crippen LogP contribution in [0.5, 0.6) is 0 Å². The van der Waals surface area contributed by atoms with Crippen LogP contribution in [0.2, 0.25) is 0 Å². The Balaban J connectivity index is 2.12. The summed E-state index contributed by atoms with van der Waals surface area (Å²) in [4.78, 5) is 25.1. The van der Waals surface area contributed by atoms with Crippen molar-refractivity contribution in [3.8, 4) is 0 Å². The molecule has 0 bridgehead atoms. The predicted octanol–water partition coefficient (Wildman–Crippen LogP) is 4.92. The Kier molecular flexibility index (Phi) is 4.12. The molecule has 23 heavy (non-hydrogen) atoms. The van der Waals surface area contributed by atoms with Gasteiger partial charge < -0.3 is 10.2 Å². The maximum atomic E-state index is 11.2. The van der Waals surface area contributed by atoms with Gasteiger partial charge in [0.2, 0.25) is 0 Å². The topological polar surface area (TPSA) is 74.6 Å². The van der Waals surface area contributed by atoms with Gasteiger partial charge in [-0.15, -0.1) is 22.7 Å². The SMILES string of the molecule is Cc1sc(C(=O)O)cc1C1=C(c2cc(C(=O)O)sc2C)CCC1. The van der Waals surface area contributed by atoms with E-state index in [-0.39, 0.29) is 0 Å². The van der Waals surface area contributed by atoms with Crippen LogP contribution >= 0.6 is 22.7 Å². The van der Waals surface area contributed by atoms with E-state index < -0.39 is 11.9 Å². The molecule has 1 aliphatic carbocycles. The molecule has 0 unspecified atom stereocenters. The molecule has 2 N–H and O–H groups in total. The standard InChI is InChI=1S/C17H16O4S2/c1-8-12(6-14(22-8)16(18)19)10-4-3-5-11(10)13-7-15(17(20)21)23-9(13)2/h6-7H,3-5H2,1-2H3,(H,18,19)(H,20,21). The van der Waals surface area contributed by atoms with Crippen LogP contribution in [0.3, 0.4) is 0 Å². The lowest BCUT2D eigenvalue weighted by Gasteiger charge is -2.07. The third-order valence-electron chi connectivity index (χ3n) is 4.13. The minimum atomic E-state index is -0.899. The summed E-state index contributed by atoms with van der Waals surface area (Å²) in [6.45, 7) is 3.89. The second-order valence-corrected chi connectivity index (χ2v) is 8.09. The van der Waals surface area contributed by atoms with Crippen molar-refractivity contribution in [2.75, 3.05) is 0 Å². The molecule has 2 aromatic heterocycles. The average molecular weight is 348 g/mol. The summed E-state index contributed by atoms with van der Waals surface area (Å²) in [7, 11) is 0. The summed E-state index contributed by atoms with van der Waals surface area (Å²) in [5.74, 6) is -1.80. The normalized spacial score (nSPS) is 14.5. The van der Waals surface area contributed by atoms with Crippen LogP contribution in [0.1, 0.15) is 59.5 Å². The van der Waals surface area contributed by atoms with Crippen molar-refractivity contribution in [2.24, 2.45) is 0 Å². The van der Waals surface area contributed by atoms with Gasteiger partial charge in [-0.25, -0.2) is 9.59 Å². The third-order valence-corrected chi connectivity index (χ3v) is 6.20. The Hall–Kier alpha value is -1.92. The molecule has 1 aliphatic rings. The lowest BCUT2D eigenvalue weighted by molar-refractivity contribution is 0.0691. The van der Waals surface area contributed by atoms with Crippen molar-refractivity contribution in [1.82, 2.24) is 0 Å². The molecule has 0 atom stereocenters. The zero-order valence-electron chi connectivity index (χ0n) is 12.8. The van der Waals surface area contributed by atoms with Crippen LogP contribution in [0.4, 0.5) is 0 Å². The van der Waals surface area contributed by atoms with Gasteiger partial charge in [-0.05, 0) is 67.5 Å². The summed E-state index contributed by atoms with van der Waals surface area (Å²) in [6, 6.07) is 3.51. The van der Waals surface area contributed by atoms with Gasteiger partial charge in [0.05, 0.1) is 0 Å². The van der Waals surface area contributed by atoms with Crippen molar-refractivity contribution in [3.05, 3.63) is 42.8 Å². The number of carbonyl (C=O) groups is 2. The number of aryl methyl sites for hydroxylation is 2. The predicted molar refractivity (Wildman–Crippen MR) is 92.7 cm³/mol. The molecular formula is C17H16O4S2. The Morgan fingerprint density at radius 1 is 0.870 bits per heavy atom. The van der Waals surface area contributed by atoms with E-state index >= 15 is 0 Å². The molecule has 0 radical (unpaired) electrons. The van der Waals surface area contributed by atoms with E-state index in [0.717, 1.165) is 40.1 Å². The maximum absolute atomic E-state index is 11.2. The number of hydrogen-bond acceptors (Lipinski definition) is 4. The van der Waals surface area contributed by atoms with E-state index in [1.165, 1.54) is 33.8 Å². The molecule has 3 rings (SSSR count). The highest BCUT2D eigenvalue weighted by molar-refractivity contribution is 7.14. The second kappa shape index (κ2) is 5.94. The van der Waals surface area contributed by atoms with Gasteiger partial charge in [0.15, 0.2) is 0 Å². The monoisotopic (exact) mass is 348 g/mol. The number of rotatable bonds is 4. The van der Waals surface area contributed by atoms with E-state index in [4.69, 9.17) is 0 Å². The molecule has 0 saturated heterocycles. The Morgan fingerprint density at radius 2 is 1.26 bits per heavy atom. The number of thiophene rings is 2. The van der Waals surface area contributed by atoms with Crippen LogP contribution in [0, 0.1) is 13.8 Å². The van der Waals surface area contributed by atoms with Crippen molar-refractivity contribution in [3.63, 3.8) is 0 Å². The second-order valence-electron chi connectivity index (χ2n) is 5.58. The molecule has 0 amide bonds. The van der Waals surface area contributed by atoms with Gasteiger partial charge >= 0.3 is 11.9 Å². The minimum absolute atomic E-state index is 0.351. The van der Waals surface area contributed by atoms with Gasteiger partial charge in [0.1, 0.15) is 9.75 Å². The van der Waals surface area contributed by atoms with Crippen LogP contribution in [0.15, 0.2) is 12.1 Å². The largest absolute Gasteiger partial charge is 0.477 e. The van der Waals surface area contributed by atoms with E-state index in [9.17, 15) is 19.8 Å². The molecule has 2 heterocycles. The highest BCUT2D eigenvalue weighted by atomic mass is 32.1. The summed E-state index contributed by atoms with van der Waals surface area (Å²) >= 11 is 2.59. The summed E-state index contributed by atoms with van der Waals surface area (Å²) < 4.78 is 0. The number of carboxylic acid groups (broad SMARTS) is 2. The molecule has 0 aromatic carbocycles. The number of hydrogen-bond donors (Lipinski definition) is 2. The molecule has 120 valence electrons. The molecular weight excluding hydrogens is 332 g/mol. The smallest absolute Gasteiger partial charge is 0.345 e. The Labute approximate surface area is 141 Å². The number of allylic oxidation sites excluding steroid dienone is 2. The van der Waals surface area contributed by atoms with Gasteiger partial charge in [-0.2, -0.15) is 0 Å². The highest BCUT2D eigenvalue weighted by Crippen LogP contribution is 2.44. The first-order valence-electron chi connectivity index (χ1n) is 7.28. The number of carboxylic acids is 2. The van der Waals surface area contributed by atoms with Crippen LogP contribution in [-0.2, 0) is 0 Å². The van der Waals surface area contributed by atoms with E-state index in [0.29, 0.717) is 9.75 Å². The quantitative estimate of drug-likeness (QED) is 0.822. The molecule has 0 aliphatic heterocycles. The van der Waals surface area contributed by atoms with Gasteiger partial charge in [-0.1, -0.05) is 0 Å². The summed E-state index contributed by atoms with van der Waals surface area (Å²) in [5.41, 5.74) is 4.35. The number of aromatic carboxylic acids is 2. The summed E-state index contributed by atoms with van der Waals surface area (Å²) in [6.07, 6.45) is 2.83. The lowest BCUT2D eigenvalue weighted by Crippen LogP contribution is -1.91. The third kappa shape index (κ3) is 2.84. The Bertz CT molecular complexity index is 771. The molecule has 0 saturated carbocycles. The van der Waals surface area contributed by atoms with Crippen LogP contribution < -0.4 is 0 Å². The van der Waals surface area contributed by atoms with E-state index in [1.807, 2.05) is 13.8 Å². The van der Waals surface area contributed by atoms with Crippen LogP contribution in [-0.4, -0.2) is 22.2 Å². The minimum Gasteiger partial charge on any atom is -0.477 e. The Morgan fingerprint density at radius 3 is 1.57 bits per heavy atom. The van der Waals surface area contributed by atoms with Crippen molar-refractivity contribution < 1.29 is 19.8 Å². The summed E-state index contributed by atoms with van der Waals surface area (Å²) in [5, 5.41) is 18.4.